The molecular formula is C24H37N3O7S. The SMILES string of the molecule is CCOC(=O)CCNC(=O)C(c1cccc(C)c1)N(CCO)C(=O)C(CS)NC(=O)OC(C)(C)C. The van der Waals surface area contributed by atoms with Crippen molar-refractivity contribution in [1.82, 2.24) is 15.5 Å². The number of esters is 1. The lowest BCUT2D eigenvalue weighted by Gasteiger charge is -2.34. The Morgan fingerprint density at radius 1 is 1.20 bits per heavy atom. The summed E-state index contributed by atoms with van der Waals surface area (Å²) in [6.07, 6.45) is -0.840. The number of amides is 3. The minimum absolute atomic E-state index is 0.00724. The molecular weight excluding hydrogens is 474 g/mol. The van der Waals surface area contributed by atoms with Crippen LogP contribution < -0.4 is 10.6 Å². The molecule has 0 bridgehead atoms. The smallest absolute Gasteiger partial charge is 0.408 e. The molecule has 196 valence electrons. The van der Waals surface area contributed by atoms with Gasteiger partial charge in [0.2, 0.25) is 11.8 Å². The lowest BCUT2D eigenvalue weighted by molar-refractivity contribution is -0.144. The van der Waals surface area contributed by atoms with Crippen molar-refractivity contribution in [2.45, 2.75) is 58.7 Å². The number of aliphatic hydroxyl groups excluding tert-OH is 1. The first kappa shape index (κ1) is 30.2. The molecule has 0 aliphatic carbocycles. The Morgan fingerprint density at radius 2 is 1.89 bits per heavy atom. The number of nitrogens with zero attached hydrogens (tertiary/aromatic N) is 1. The fourth-order valence-electron chi connectivity index (χ4n) is 3.24. The maximum Gasteiger partial charge on any atom is 0.408 e. The number of thiol groups is 1. The summed E-state index contributed by atoms with van der Waals surface area (Å²) < 4.78 is 10.1. The van der Waals surface area contributed by atoms with Crippen LogP contribution in [0, 0.1) is 6.92 Å². The van der Waals surface area contributed by atoms with E-state index in [0.29, 0.717) is 5.56 Å². The van der Waals surface area contributed by atoms with E-state index in [1.807, 2.05) is 13.0 Å². The van der Waals surface area contributed by atoms with Gasteiger partial charge >= 0.3 is 12.1 Å². The second-order valence-electron chi connectivity index (χ2n) is 8.80. The Kier molecular flexibility index (Phi) is 12.6. The van der Waals surface area contributed by atoms with Gasteiger partial charge in [0.15, 0.2) is 0 Å². The fourth-order valence-corrected chi connectivity index (χ4v) is 3.49. The van der Waals surface area contributed by atoms with Gasteiger partial charge in [-0.1, -0.05) is 29.8 Å². The molecule has 3 N–H and O–H groups in total. The van der Waals surface area contributed by atoms with E-state index in [1.165, 1.54) is 4.90 Å². The molecule has 10 nitrogen and oxygen atoms in total. The molecule has 35 heavy (non-hydrogen) atoms. The van der Waals surface area contributed by atoms with E-state index in [1.54, 1.807) is 45.9 Å². The highest BCUT2D eigenvalue weighted by Crippen LogP contribution is 2.23. The predicted molar refractivity (Wildman–Crippen MR) is 134 cm³/mol. The molecule has 0 radical (unpaired) electrons. The van der Waals surface area contributed by atoms with Gasteiger partial charge in [-0.05, 0) is 40.2 Å². The maximum atomic E-state index is 13.5. The third kappa shape index (κ3) is 10.6. The average Bonchev–Trinajstić information content (AvgIpc) is 2.75. The highest BCUT2D eigenvalue weighted by Gasteiger charge is 2.35. The number of hydrogen-bond donors (Lipinski definition) is 4. The zero-order valence-electron chi connectivity index (χ0n) is 21.0. The summed E-state index contributed by atoms with van der Waals surface area (Å²) >= 11 is 4.19. The van der Waals surface area contributed by atoms with Crippen LogP contribution in [-0.4, -0.2) is 77.6 Å². The molecule has 0 spiro atoms. The molecule has 0 fully saturated rings. The number of nitrogens with one attached hydrogen (secondary N) is 2. The minimum atomic E-state index is -1.13. The third-order valence-corrected chi connectivity index (χ3v) is 5.01. The van der Waals surface area contributed by atoms with E-state index in [2.05, 4.69) is 23.3 Å². The zero-order valence-corrected chi connectivity index (χ0v) is 21.9. The Balaban J connectivity index is 3.23. The summed E-state index contributed by atoms with van der Waals surface area (Å²) in [6, 6.07) is 4.80. The molecule has 0 saturated carbocycles. The van der Waals surface area contributed by atoms with Crippen molar-refractivity contribution >= 4 is 36.5 Å². The van der Waals surface area contributed by atoms with Crippen molar-refractivity contribution in [3.63, 3.8) is 0 Å². The second-order valence-corrected chi connectivity index (χ2v) is 9.16. The third-order valence-electron chi connectivity index (χ3n) is 4.65. The van der Waals surface area contributed by atoms with Crippen molar-refractivity contribution in [3.05, 3.63) is 35.4 Å². The van der Waals surface area contributed by atoms with Crippen LogP contribution in [0.4, 0.5) is 4.79 Å². The largest absolute Gasteiger partial charge is 0.466 e. The standard InChI is InChI=1S/C24H37N3O7S/c1-6-33-19(29)10-11-25-21(30)20(17-9-7-8-16(2)14-17)27(12-13-28)22(31)18(15-35)26-23(32)34-24(3,4)5/h7-9,14,18,20,28,35H,6,10-13,15H2,1-5H3,(H,25,30)(H,26,32). The second kappa shape index (κ2) is 14.6. The van der Waals surface area contributed by atoms with Crippen molar-refractivity contribution < 1.29 is 33.8 Å². The quantitative estimate of drug-likeness (QED) is 0.248. The number of rotatable bonds is 12. The first-order valence-electron chi connectivity index (χ1n) is 11.4. The van der Waals surface area contributed by atoms with Crippen LogP contribution in [0.15, 0.2) is 24.3 Å². The minimum Gasteiger partial charge on any atom is -0.466 e. The summed E-state index contributed by atoms with van der Waals surface area (Å²) in [4.78, 5) is 51.9. The zero-order chi connectivity index (χ0) is 26.6. The Hall–Kier alpha value is -2.79. The van der Waals surface area contributed by atoms with E-state index < -0.39 is 48.2 Å². The van der Waals surface area contributed by atoms with E-state index in [-0.39, 0.29) is 31.9 Å². The summed E-state index contributed by atoms with van der Waals surface area (Å²) in [5, 5.41) is 14.9. The van der Waals surface area contributed by atoms with Crippen molar-refractivity contribution in [2.75, 3.05) is 32.1 Å². The van der Waals surface area contributed by atoms with Crippen molar-refractivity contribution in [1.29, 1.82) is 0 Å². The average molecular weight is 512 g/mol. The topological polar surface area (TPSA) is 134 Å². The Bertz CT molecular complexity index is 873. The van der Waals surface area contributed by atoms with Crippen molar-refractivity contribution in [3.8, 4) is 0 Å². The predicted octanol–water partition coefficient (Wildman–Crippen LogP) is 1.75. The van der Waals surface area contributed by atoms with Gasteiger partial charge in [0.05, 0.1) is 19.6 Å². The van der Waals surface area contributed by atoms with Crippen LogP contribution in [0.1, 0.15) is 51.3 Å². The summed E-state index contributed by atoms with van der Waals surface area (Å²) in [6.45, 7) is 8.24. The van der Waals surface area contributed by atoms with E-state index in [9.17, 15) is 24.3 Å². The molecule has 2 atom stereocenters. The number of hydrogen-bond acceptors (Lipinski definition) is 8. The normalized spacial score (nSPS) is 12.8. The Morgan fingerprint density at radius 3 is 2.43 bits per heavy atom. The number of benzene rings is 1. The van der Waals surface area contributed by atoms with Gasteiger partial charge in [0.1, 0.15) is 17.7 Å². The molecule has 0 aliphatic rings. The van der Waals surface area contributed by atoms with Crippen LogP contribution >= 0.6 is 12.6 Å². The number of aryl methyl sites for hydroxylation is 1. The number of carbonyl (C=O) groups excluding carboxylic acids is 4. The molecule has 11 heteroatoms. The van der Waals surface area contributed by atoms with Crippen LogP contribution in [-0.2, 0) is 23.9 Å². The molecule has 1 aromatic carbocycles. The Labute approximate surface area is 212 Å². The van der Waals surface area contributed by atoms with Gasteiger partial charge in [-0.3, -0.25) is 14.4 Å². The first-order valence-corrected chi connectivity index (χ1v) is 12.1. The first-order chi connectivity index (χ1) is 16.4. The molecule has 1 aromatic rings. The van der Waals surface area contributed by atoms with Gasteiger partial charge < -0.3 is 30.1 Å². The molecule has 3 amide bonds. The highest BCUT2D eigenvalue weighted by molar-refractivity contribution is 7.80. The number of aliphatic hydroxyl groups is 1. The van der Waals surface area contributed by atoms with Gasteiger partial charge in [-0.25, -0.2) is 4.79 Å². The van der Waals surface area contributed by atoms with E-state index in [0.717, 1.165) is 5.56 Å². The number of carbonyl (C=O) groups is 4. The lowest BCUT2D eigenvalue weighted by atomic mass is 10.0. The highest BCUT2D eigenvalue weighted by atomic mass is 32.1. The van der Waals surface area contributed by atoms with Gasteiger partial charge in [-0.2, -0.15) is 12.6 Å². The fraction of sp³-hybridized carbons (Fsp3) is 0.583. The molecule has 0 heterocycles. The lowest BCUT2D eigenvalue weighted by Crippen LogP contribution is -2.54. The molecule has 2 unspecified atom stereocenters. The molecule has 0 aliphatic heterocycles. The van der Waals surface area contributed by atoms with Crippen LogP contribution in [0.25, 0.3) is 0 Å². The van der Waals surface area contributed by atoms with E-state index in [4.69, 9.17) is 9.47 Å². The maximum absolute atomic E-state index is 13.5. The van der Waals surface area contributed by atoms with Gasteiger partial charge in [0, 0.05) is 18.8 Å². The summed E-state index contributed by atoms with van der Waals surface area (Å²) in [5.41, 5.74) is 0.596. The summed E-state index contributed by atoms with van der Waals surface area (Å²) in [7, 11) is 0. The molecule has 0 saturated heterocycles. The number of alkyl carbamates (subject to hydrolysis) is 1. The summed E-state index contributed by atoms with van der Waals surface area (Å²) in [5.74, 6) is -1.69. The van der Waals surface area contributed by atoms with E-state index >= 15 is 0 Å². The van der Waals surface area contributed by atoms with Crippen LogP contribution in [0.3, 0.4) is 0 Å². The molecule has 1 rings (SSSR count). The molecule has 0 aromatic heterocycles. The monoisotopic (exact) mass is 511 g/mol. The number of ether oxygens (including phenoxy) is 2. The van der Waals surface area contributed by atoms with Crippen LogP contribution in [0.5, 0.6) is 0 Å². The van der Waals surface area contributed by atoms with Gasteiger partial charge in [0.25, 0.3) is 0 Å². The van der Waals surface area contributed by atoms with Gasteiger partial charge in [-0.15, -0.1) is 0 Å². The van der Waals surface area contributed by atoms with Crippen molar-refractivity contribution in [2.24, 2.45) is 0 Å². The van der Waals surface area contributed by atoms with Crippen LogP contribution in [0.2, 0.25) is 0 Å².